The Bertz CT molecular complexity index is 1150. The first-order chi connectivity index (χ1) is 15.5. The maximum absolute atomic E-state index is 12.6. The lowest BCUT2D eigenvalue weighted by Gasteiger charge is -2.13. The van der Waals surface area contributed by atoms with E-state index in [1.54, 1.807) is 33.7 Å². The normalized spacial score (nSPS) is 14.6. The number of methoxy groups -OCH3 is 3. The van der Waals surface area contributed by atoms with Gasteiger partial charge in [-0.15, -0.1) is 0 Å². The molecule has 0 spiro atoms. The van der Waals surface area contributed by atoms with Crippen LogP contribution < -0.4 is 19.5 Å². The molecule has 32 heavy (non-hydrogen) atoms. The highest BCUT2D eigenvalue weighted by molar-refractivity contribution is 6.01. The van der Waals surface area contributed by atoms with Crippen molar-refractivity contribution in [1.82, 2.24) is 5.32 Å². The zero-order valence-electron chi connectivity index (χ0n) is 19.0. The number of rotatable bonds is 7. The summed E-state index contributed by atoms with van der Waals surface area (Å²) < 4.78 is 22.4. The van der Waals surface area contributed by atoms with Gasteiger partial charge in [-0.1, -0.05) is 12.8 Å². The minimum Gasteiger partial charge on any atom is -0.497 e. The molecule has 4 rings (SSSR count). The predicted octanol–water partition coefficient (Wildman–Crippen LogP) is 5.59. The Morgan fingerprint density at radius 1 is 1.00 bits per heavy atom. The Morgan fingerprint density at radius 2 is 1.75 bits per heavy atom. The van der Waals surface area contributed by atoms with Crippen molar-refractivity contribution in [2.24, 2.45) is 0 Å². The molecule has 1 heterocycles. The lowest BCUT2D eigenvalue weighted by Crippen LogP contribution is -2.31. The molecule has 0 atom stereocenters. The average Bonchev–Trinajstić information content (AvgIpc) is 3.46. The standard InChI is InChI=1S/C26H29NO5/c1-16(11-26(28)27-17-7-5-6-8-17)19-13-21-22(15-32-25(21)14-24(19)31-4)20-12-18(29-2)9-10-23(20)30-3/h9-15,17H,5-8H2,1-4H3,(H,27,28)/b16-11+. The second-order valence-corrected chi connectivity index (χ2v) is 8.08. The first-order valence-electron chi connectivity index (χ1n) is 10.8. The number of carbonyl (C=O) groups excluding carboxylic acids is 1. The average molecular weight is 436 g/mol. The van der Waals surface area contributed by atoms with Gasteiger partial charge >= 0.3 is 0 Å². The van der Waals surface area contributed by atoms with Crippen LogP contribution in [-0.4, -0.2) is 33.3 Å². The van der Waals surface area contributed by atoms with Crippen LogP contribution in [0.1, 0.15) is 38.2 Å². The molecule has 0 unspecified atom stereocenters. The first kappa shape index (κ1) is 21.8. The van der Waals surface area contributed by atoms with E-state index in [0.717, 1.165) is 46.2 Å². The zero-order chi connectivity index (χ0) is 22.7. The fraction of sp³-hybridized carbons (Fsp3) is 0.346. The van der Waals surface area contributed by atoms with Crippen LogP contribution in [0.2, 0.25) is 0 Å². The van der Waals surface area contributed by atoms with Gasteiger partial charge in [-0.3, -0.25) is 4.79 Å². The Kier molecular flexibility index (Phi) is 6.40. The van der Waals surface area contributed by atoms with E-state index < -0.39 is 0 Å². The van der Waals surface area contributed by atoms with E-state index in [0.29, 0.717) is 17.1 Å². The molecule has 1 fully saturated rings. The molecule has 0 radical (unpaired) electrons. The second-order valence-electron chi connectivity index (χ2n) is 8.08. The Balaban J connectivity index is 1.76. The quantitative estimate of drug-likeness (QED) is 0.490. The van der Waals surface area contributed by atoms with E-state index >= 15 is 0 Å². The number of carbonyl (C=O) groups is 1. The van der Waals surface area contributed by atoms with Crippen molar-refractivity contribution in [2.45, 2.75) is 38.6 Å². The molecule has 3 aromatic rings. The summed E-state index contributed by atoms with van der Waals surface area (Å²) in [5.41, 5.74) is 4.09. The summed E-state index contributed by atoms with van der Waals surface area (Å²) in [6.45, 7) is 1.92. The smallest absolute Gasteiger partial charge is 0.244 e. The highest BCUT2D eigenvalue weighted by atomic mass is 16.5. The third-order valence-corrected chi connectivity index (χ3v) is 6.07. The molecule has 0 bridgehead atoms. The van der Waals surface area contributed by atoms with Gasteiger partial charge < -0.3 is 23.9 Å². The molecule has 1 aliphatic rings. The van der Waals surface area contributed by atoms with Gasteiger partial charge in [0.25, 0.3) is 0 Å². The van der Waals surface area contributed by atoms with E-state index in [9.17, 15) is 4.79 Å². The van der Waals surface area contributed by atoms with Crippen LogP contribution in [0.3, 0.4) is 0 Å². The van der Waals surface area contributed by atoms with E-state index in [4.69, 9.17) is 18.6 Å². The summed E-state index contributed by atoms with van der Waals surface area (Å²) in [6.07, 6.45) is 7.80. The lowest BCUT2D eigenvalue weighted by molar-refractivity contribution is -0.117. The number of benzene rings is 2. The molecule has 6 nitrogen and oxygen atoms in total. The molecule has 168 valence electrons. The van der Waals surface area contributed by atoms with Crippen LogP contribution in [-0.2, 0) is 4.79 Å². The van der Waals surface area contributed by atoms with Crippen molar-refractivity contribution in [3.8, 4) is 28.4 Å². The molecular weight excluding hydrogens is 406 g/mol. The van der Waals surface area contributed by atoms with Gasteiger partial charge in [-0.25, -0.2) is 0 Å². The Labute approximate surface area is 188 Å². The van der Waals surface area contributed by atoms with Gasteiger partial charge in [0.1, 0.15) is 22.8 Å². The predicted molar refractivity (Wildman–Crippen MR) is 125 cm³/mol. The summed E-state index contributed by atoms with van der Waals surface area (Å²) in [4.78, 5) is 12.6. The van der Waals surface area contributed by atoms with Crippen molar-refractivity contribution in [2.75, 3.05) is 21.3 Å². The van der Waals surface area contributed by atoms with Crippen molar-refractivity contribution in [1.29, 1.82) is 0 Å². The van der Waals surface area contributed by atoms with Gasteiger partial charge in [-0.2, -0.15) is 0 Å². The molecule has 1 saturated carbocycles. The SMILES string of the molecule is COc1ccc(OC)c(-c2coc3cc(OC)c(/C(C)=C/C(=O)NC4CCCC4)cc23)c1. The fourth-order valence-electron chi connectivity index (χ4n) is 4.35. The molecule has 0 aliphatic heterocycles. The number of furan rings is 1. The summed E-state index contributed by atoms with van der Waals surface area (Å²) in [7, 11) is 4.89. The molecular formula is C26H29NO5. The van der Waals surface area contributed by atoms with Crippen LogP contribution in [0.25, 0.3) is 27.7 Å². The number of allylic oxidation sites excluding steroid dienone is 1. The van der Waals surface area contributed by atoms with E-state index in [2.05, 4.69) is 5.32 Å². The molecule has 1 N–H and O–H groups in total. The van der Waals surface area contributed by atoms with Gasteiger partial charge in [0, 0.05) is 40.3 Å². The van der Waals surface area contributed by atoms with Crippen molar-refractivity contribution >= 4 is 22.4 Å². The van der Waals surface area contributed by atoms with Crippen LogP contribution >= 0.6 is 0 Å². The van der Waals surface area contributed by atoms with E-state index in [1.165, 1.54) is 12.8 Å². The highest BCUT2D eigenvalue weighted by Crippen LogP contribution is 2.41. The van der Waals surface area contributed by atoms with Gasteiger partial charge in [0.15, 0.2) is 0 Å². The van der Waals surface area contributed by atoms with Crippen LogP contribution in [0.4, 0.5) is 0 Å². The summed E-state index contributed by atoms with van der Waals surface area (Å²) >= 11 is 0. The zero-order valence-corrected chi connectivity index (χ0v) is 19.0. The minimum atomic E-state index is -0.0709. The Hall–Kier alpha value is -3.41. The number of fused-ring (bicyclic) bond motifs is 1. The van der Waals surface area contributed by atoms with Gasteiger partial charge in [-0.05, 0) is 49.6 Å². The highest BCUT2D eigenvalue weighted by Gasteiger charge is 2.19. The molecule has 1 aromatic heterocycles. The number of hydrogen-bond donors (Lipinski definition) is 1. The van der Waals surface area contributed by atoms with Crippen molar-refractivity contribution in [3.05, 3.63) is 48.2 Å². The van der Waals surface area contributed by atoms with E-state index in [1.807, 2.05) is 37.3 Å². The number of nitrogens with one attached hydrogen (secondary N) is 1. The molecule has 1 amide bonds. The minimum absolute atomic E-state index is 0.0709. The third kappa shape index (κ3) is 4.31. The van der Waals surface area contributed by atoms with Crippen LogP contribution in [0.5, 0.6) is 17.2 Å². The lowest BCUT2D eigenvalue weighted by atomic mass is 9.98. The molecule has 1 aliphatic carbocycles. The van der Waals surface area contributed by atoms with E-state index in [-0.39, 0.29) is 11.9 Å². The topological polar surface area (TPSA) is 69.9 Å². The number of hydrogen-bond acceptors (Lipinski definition) is 5. The molecule has 0 saturated heterocycles. The Morgan fingerprint density at radius 3 is 2.44 bits per heavy atom. The summed E-state index contributed by atoms with van der Waals surface area (Å²) in [6, 6.07) is 9.78. The molecule has 2 aromatic carbocycles. The van der Waals surface area contributed by atoms with Gasteiger partial charge in [0.2, 0.25) is 5.91 Å². The molecule has 6 heteroatoms. The number of amides is 1. The fourth-order valence-corrected chi connectivity index (χ4v) is 4.35. The van der Waals surface area contributed by atoms with Crippen LogP contribution in [0.15, 0.2) is 47.1 Å². The number of ether oxygens (including phenoxy) is 3. The van der Waals surface area contributed by atoms with Crippen molar-refractivity contribution in [3.63, 3.8) is 0 Å². The summed E-state index contributed by atoms with van der Waals surface area (Å²) in [5.74, 6) is 2.02. The maximum Gasteiger partial charge on any atom is 0.244 e. The van der Waals surface area contributed by atoms with Crippen molar-refractivity contribution < 1.29 is 23.4 Å². The monoisotopic (exact) mass is 435 g/mol. The third-order valence-electron chi connectivity index (χ3n) is 6.07. The first-order valence-corrected chi connectivity index (χ1v) is 10.8. The maximum atomic E-state index is 12.6. The largest absolute Gasteiger partial charge is 0.497 e. The van der Waals surface area contributed by atoms with Crippen LogP contribution in [0, 0.1) is 0 Å². The second kappa shape index (κ2) is 9.39. The van der Waals surface area contributed by atoms with Gasteiger partial charge in [0.05, 0.1) is 27.6 Å². The summed E-state index contributed by atoms with van der Waals surface area (Å²) in [5, 5.41) is 4.01.